The van der Waals surface area contributed by atoms with E-state index in [1.807, 2.05) is 32.0 Å². The Balaban J connectivity index is 2.54. The summed E-state index contributed by atoms with van der Waals surface area (Å²) in [5.74, 6) is -0.0128. The molecular weight excluding hydrogens is 240 g/mol. The van der Waals surface area contributed by atoms with E-state index in [9.17, 15) is 4.79 Å². The summed E-state index contributed by atoms with van der Waals surface area (Å²) in [7, 11) is 0. The Morgan fingerprint density at radius 3 is 2.11 bits per heavy atom. The molecule has 0 unspecified atom stereocenters. The van der Waals surface area contributed by atoms with Crippen LogP contribution in [-0.2, 0) is 24.4 Å². The zero-order valence-corrected chi connectivity index (χ0v) is 11.7. The second-order valence-corrected chi connectivity index (χ2v) is 4.88. The fourth-order valence-electron chi connectivity index (χ4n) is 1.74. The van der Waals surface area contributed by atoms with Crippen LogP contribution in [0.15, 0.2) is 18.2 Å². The number of rotatable bonds is 7. The van der Waals surface area contributed by atoms with Gasteiger partial charge in [-0.1, -0.05) is 32.0 Å². The third kappa shape index (κ3) is 5.83. The number of nitrogens with one attached hydrogen (secondary N) is 2. The van der Waals surface area contributed by atoms with Crippen LogP contribution in [0.4, 0.5) is 0 Å². The predicted molar refractivity (Wildman–Crippen MR) is 77.2 cm³/mol. The molecule has 1 rings (SSSR count). The third-order valence-corrected chi connectivity index (χ3v) is 2.74. The van der Waals surface area contributed by atoms with Crippen molar-refractivity contribution in [3.63, 3.8) is 0 Å². The molecule has 0 saturated heterocycles. The van der Waals surface area contributed by atoms with Gasteiger partial charge in [-0.2, -0.15) is 0 Å². The Bertz CT molecular complexity index is 396. The summed E-state index contributed by atoms with van der Waals surface area (Å²) in [5.41, 5.74) is 14.4. The molecule has 1 aromatic carbocycles. The standard InChI is InChI=1S/C14H24N4O/c1-10(2)17-9-14(19)18-8-13-4-11(6-15)3-12(5-13)7-16/h3-5,10,17H,6-9,15-16H2,1-2H3,(H,18,19). The number of carbonyl (C=O) groups excluding carboxylic acids is 1. The van der Waals surface area contributed by atoms with Crippen molar-refractivity contribution >= 4 is 5.91 Å². The summed E-state index contributed by atoms with van der Waals surface area (Å²) < 4.78 is 0. The molecule has 106 valence electrons. The van der Waals surface area contributed by atoms with Crippen LogP contribution >= 0.6 is 0 Å². The Morgan fingerprint density at radius 1 is 1.11 bits per heavy atom. The summed E-state index contributed by atoms with van der Waals surface area (Å²) in [5, 5.41) is 5.95. The van der Waals surface area contributed by atoms with Gasteiger partial charge in [0.1, 0.15) is 0 Å². The number of benzene rings is 1. The first-order valence-corrected chi connectivity index (χ1v) is 6.57. The van der Waals surface area contributed by atoms with E-state index in [2.05, 4.69) is 10.6 Å². The fraction of sp³-hybridized carbons (Fsp3) is 0.500. The molecular formula is C14H24N4O. The molecule has 0 fully saturated rings. The lowest BCUT2D eigenvalue weighted by Gasteiger charge is -2.11. The van der Waals surface area contributed by atoms with Gasteiger partial charge in [-0.05, 0) is 16.7 Å². The lowest BCUT2D eigenvalue weighted by atomic mass is 10.1. The van der Waals surface area contributed by atoms with Gasteiger partial charge in [0.25, 0.3) is 0 Å². The maximum Gasteiger partial charge on any atom is 0.234 e. The molecule has 0 aromatic heterocycles. The Morgan fingerprint density at radius 2 is 1.63 bits per heavy atom. The van der Waals surface area contributed by atoms with Crippen molar-refractivity contribution in [1.82, 2.24) is 10.6 Å². The molecule has 0 saturated carbocycles. The molecule has 19 heavy (non-hydrogen) atoms. The Labute approximate surface area is 114 Å². The highest BCUT2D eigenvalue weighted by Gasteiger charge is 2.04. The molecule has 5 nitrogen and oxygen atoms in total. The zero-order valence-electron chi connectivity index (χ0n) is 11.7. The smallest absolute Gasteiger partial charge is 0.234 e. The SMILES string of the molecule is CC(C)NCC(=O)NCc1cc(CN)cc(CN)c1. The van der Waals surface area contributed by atoms with Crippen molar-refractivity contribution in [2.24, 2.45) is 11.5 Å². The molecule has 0 aliphatic heterocycles. The molecule has 0 heterocycles. The predicted octanol–water partition coefficient (Wildman–Crippen LogP) is 0.218. The van der Waals surface area contributed by atoms with Crippen LogP contribution in [0.3, 0.4) is 0 Å². The van der Waals surface area contributed by atoms with Gasteiger partial charge in [-0.25, -0.2) is 0 Å². The normalized spacial score (nSPS) is 10.8. The van der Waals surface area contributed by atoms with E-state index >= 15 is 0 Å². The largest absolute Gasteiger partial charge is 0.351 e. The average molecular weight is 264 g/mol. The van der Waals surface area contributed by atoms with E-state index in [1.54, 1.807) is 0 Å². The molecule has 6 N–H and O–H groups in total. The van der Waals surface area contributed by atoms with Crippen LogP contribution in [0.2, 0.25) is 0 Å². The maximum absolute atomic E-state index is 11.6. The molecule has 0 spiro atoms. The molecule has 1 aromatic rings. The first-order chi connectivity index (χ1) is 9.05. The van der Waals surface area contributed by atoms with Gasteiger partial charge in [-0.3, -0.25) is 4.79 Å². The minimum absolute atomic E-state index is 0.0128. The minimum atomic E-state index is -0.0128. The second kappa shape index (κ2) is 7.89. The van der Waals surface area contributed by atoms with Crippen molar-refractivity contribution in [3.8, 4) is 0 Å². The van der Waals surface area contributed by atoms with Crippen molar-refractivity contribution in [2.75, 3.05) is 6.54 Å². The topological polar surface area (TPSA) is 93.2 Å². The van der Waals surface area contributed by atoms with Gasteiger partial charge in [0, 0.05) is 25.7 Å². The molecule has 5 heteroatoms. The molecule has 0 aliphatic rings. The summed E-state index contributed by atoms with van der Waals surface area (Å²) in [6.07, 6.45) is 0. The van der Waals surface area contributed by atoms with Gasteiger partial charge in [-0.15, -0.1) is 0 Å². The quantitative estimate of drug-likeness (QED) is 0.567. The number of nitrogens with two attached hydrogens (primary N) is 2. The van der Waals surface area contributed by atoms with E-state index in [4.69, 9.17) is 11.5 Å². The van der Waals surface area contributed by atoms with Crippen molar-refractivity contribution < 1.29 is 4.79 Å². The second-order valence-electron chi connectivity index (χ2n) is 4.88. The van der Waals surface area contributed by atoms with E-state index in [0.717, 1.165) is 16.7 Å². The zero-order chi connectivity index (χ0) is 14.3. The van der Waals surface area contributed by atoms with Crippen molar-refractivity contribution in [2.45, 2.75) is 39.5 Å². The van der Waals surface area contributed by atoms with Crippen LogP contribution in [0, 0.1) is 0 Å². The van der Waals surface area contributed by atoms with Crippen molar-refractivity contribution in [1.29, 1.82) is 0 Å². The highest BCUT2D eigenvalue weighted by Crippen LogP contribution is 2.09. The number of amides is 1. The van der Waals surface area contributed by atoms with Crippen LogP contribution in [-0.4, -0.2) is 18.5 Å². The van der Waals surface area contributed by atoms with Gasteiger partial charge in [0.15, 0.2) is 0 Å². The van der Waals surface area contributed by atoms with Gasteiger partial charge < -0.3 is 22.1 Å². The van der Waals surface area contributed by atoms with Gasteiger partial charge in [0.2, 0.25) is 5.91 Å². The van der Waals surface area contributed by atoms with Crippen LogP contribution in [0.25, 0.3) is 0 Å². The van der Waals surface area contributed by atoms with E-state index in [-0.39, 0.29) is 5.91 Å². The Kier molecular flexibility index (Phi) is 6.49. The van der Waals surface area contributed by atoms with E-state index in [1.165, 1.54) is 0 Å². The summed E-state index contributed by atoms with van der Waals surface area (Å²) in [4.78, 5) is 11.6. The summed E-state index contributed by atoms with van der Waals surface area (Å²) in [6, 6.07) is 6.28. The molecule has 0 radical (unpaired) electrons. The first-order valence-electron chi connectivity index (χ1n) is 6.57. The first kappa shape index (κ1) is 15.6. The fourth-order valence-corrected chi connectivity index (χ4v) is 1.74. The summed E-state index contributed by atoms with van der Waals surface area (Å²) in [6.45, 7) is 5.79. The van der Waals surface area contributed by atoms with Gasteiger partial charge >= 0.3 is 0 Å². The third-order valence-electron chi connectivity index (χ3n) is 2.74. The number of carbonyl (C=O) groups is 1. The molecule has 1 amide bonds. The lowest BCUT2D eigenvalue weighted by Crippen LogP contribution is -2.36. The number of hydrogen-bond donors (Lipinski definition) is 4. The van der Waals surface area contributed by atoms with Crippen LogP contribution in [0.1, 0.15) is 30.5 Å². The highest BCUT2D eigenvalue weighted by atomic mass is 16.1. The molecule has 0 atom stereocenters. The van der Waals surface area contributed by atoms with E-state index < -0.39 is 0 Å². The molecule has 0 aliphatic carbocycles. The lowest BCUT2D eigenvalue weighted by molar-refractivity contribution is -0.120. The maximum atomic E-state index is 11.6. The summed E-state index contributed by atoms with van der Waals surface area (Å²) >= 11 is 0. The van der Waals surface area contributed by atoms with Crippen molar-refractivity contribution in [3.05, 3.63) is 34.9 Å². The molecule has 0 bridgehead atoms. The van der Waals surface area contributed by atoms with Crippen LogP contribution in [0.5, 0.6) is 0 Å². The monoisotopic (exact) mass is 264 g/mol. The minimum Gasteiger partial charge on any atom is -0.351 e. The van der Waals surface area contributed by atoms with Gasteiger partial charge in [0.05, 0.1) is 6.54 Å². The average Bonchev–Trinajstić information content (AvgIpc) is 2.42. The Hall–Kier alpha value is -1.43. The number of hydrogen-bond acceptors (Lipinski definition) is 4. The van der Waals surface area contributed by atoms with E-state index in [0.29, 0.717) is 32.2 Å². The highest BCUT2D eigenvalue weighted by molar-refractivity contribution is 5.78. The van der Waals surface area contributed by atoms with Crippen LogP contribution < -0.4 is 22.1 Å².